The second kappa shape index (κ2) is 3.01. The Morgan fingerprint density at radius 1 is 1.21 bits per heavy atom. The van der Waals surface area contributed by atoms with Gasteiger partial charge in [0.25, 0.3) is 0 Å². The van der Waals surface area contributed by atoms with Crippen molar-refractivity contribution in [3.05, 3.63) is 24.4 Å². The van der Waals surface area contributed by atoms with Gasteiger partial charge in [0.05, 0.1) is 11.7 Å². The molecule has 1 fully saturated rings. The first-order valence-electron chi connectivity index (χ1n) is 5.11. The number of nitrogens with one attached hydrogen (secondary N) is 1. The molecule has 0 bridgehead atoms. The van der Waals surface area contributed by atoms with E-state index < -0.39 is 0 Å². The van der Waals surface area contributed by atoms with Crippen molar-refractivity contribution in [1.82, 2.24) is 10.2 Å². The van der Waals surface area contributed by atoms with Gasteiger partial charge >= 0.3 is 0 Å². The van der Waals surface area contributed by atoms with E-state index in [1.54, 1.807) is 0 Å². The summed E-state index contributed by atoms with van der Waals surface area (Å²) in [5, 5.41) is 8.22. The number of H-pyrrole nitrogens is 1. The summed E-state index contributed by atoms with van der Waals surface area (Å²) in [6.07, 6.45) is 4.51. The van der Waals surface area contributed by atoms with E-state index in [9.17, 15) is 0 Å². The molecule has 0 radical (unpaired) electrons. The fraction of sp³-hybridized carbons (Fsp3) is 0.364. The van der Waals surface area contributed by atoms with Gasteiger partial charge in [-0.05, 0) is 31.0 Å². The Morgan fingerprint density at radius 3 is 2.93 bits per heavy atom. The summed E-state index contributed by atoms with van der Waals surface area (Å²) in [5.74, 6) is 0. The smallest absolute Gasteiger partial charge is 0.0670 e. The highest BCUT2D eigenvalue weighted by Crippen LogP contribution is 2.23. The molecule has 0 amide bonds. The summed E-state index contributed by atoms with van der Waals surface area (Å²) >= 11 is 0. The monoisotopic (exact) mass is 187 g/mol. The zero-order valence-electron chi connectivity index (χ0n) is 8.03. The van der Waals surface area contributed by atoms with Gasteiger partial charge in [-0.15, -0.1) is 0 Å². The van der Waals surface area contributed by atoms with E-state index in [4.69, 9.17) is 0 Å². The van der Waals surface area contributed by atoms with Crippen LogP contribution in [-0.2, 0) is 0 Å². The molecule has 72 valence electrons. The minimum Gasteiger partial charge on any atom is -0.371 e. The van der Waals surface area contributed by atoms with Crippen LogP contribution in [-0.4, -0.2) is 23.3 Å². The molecule has 3 rings (SSSR count). The lowest BCUT2D eigenvalue weighted by atomic mass is 10.2. The zero-order chi connectivity index (χ0) is 9.38. The van der Waals surface area contributed by atoms with E-state index in [1.807, 2.05) is 6.20 Å². The van der Waals surface area contributed by atoms with Crippen molar-refractivity contribution in [3.8, 4) is 0 Å². The molecular weight excluding hydrogens is 174 g/mol. The van der Waals surface area contributed by atoms with Gasteiger partial charge in [-0.3, -0.25) is 5.10 Å². The summed E-state index contributed by atoms with van der Waals surface area (Å²) in [4.78, 5) is 2.43. The largest absolute Gasteiger partial charge is 0.371 e. The van der Waals surface area contributed by atoms with Crippen molar-refractivity contribution in [1.29, 1.82) is 0 Å². The number of aromatic amines is 1. The van der Waals surface area contributed by atoms with Crippen LogP contribution >= 0.6 is 0 Å². The topological polar surface area (TPSA) is 31.9 Å². The highest BCUT2D eigenvalue weighted by molar-refractivity contribution is 5.81. The first-order valence-corrected chi connectivity index (χ1v) is 5.11. The molecular formula is C11H13N3. The highest BCUT2D eigenvalue weighted by Gasteiger charge is 2.12. The third-order valence-electron chi connectivity index (χ3n) is 2.90. The summed E-state index contributed by atoms with van der Waals surface area (Å²) in [7, 11) is 0. The summed E-state index contributed by atoms with van der Waals surface area (Å²) < 4.78 is 0. The average molecular weight is 187 g/mol. The summed E-state index contributed by atoms with van der Waals surface area (Å²) in [6.45, 7) is 2.39. The van der Waals surface area contributed by atoms with Gasteiger partial charge in [-0.2, -0.15) is 5.10 Å². The van der Waals surface area contributed by atoms with Gasteiger partial charge < -0.3 is 4.90 Å². The molecule has 0 aliphatic carbocycles. The number of rotatable bonds is 1. The van der Waals surface area contributed by atoms with E-state index in [2.05, 4.69) is 33.3 Å². The first kappa shape index (κ1) is 7.85. The highest BCUT2D eigenvalue weighted by atomic mass is 15.1. The van der Waals surface area contributed by atoms with Crippen molar-refractivity contribution < 1.29 is 0 Å². The Bertz CT molecular complexity index is 440. The second-order valence-corrected chi connectivity index (χ2v) is 3.84. The number of aromatic nitrogens is 2. The van der Waals surface area contributed by atoms with Gasteiger partial charge in [-0.25, -0.2) is 0 Å². The zero-order valence-corrected chi connectivity index (χ0v) is 8.03. The SMILES string of the molecule is c1cc2cn[nH]c2cc1N1CCCC1. The van der Waals surface area contributed by atoms with Crippen LogP contribution in [0.5, 0.6) is 0 Å². The maximum absolute atomic E-state index is 4.03. The Labute approximate surface area is 82.7 Å². The standard InChI is InChI=1S/C11H13N3/c1-2-6-14(5-1)10-4-3-9-8-12-13-11(9)7-10/h3-4,7-8H,1-2,5-6H2,(H,12,13). The van der Waals surface area contributed by atoms with Crippen LogP contribution in [0.15, 0.2) is 24.4 Å². The van der Waals surface area contributed by atoms with E-state index in [-0.39, 0.29) is 0 Å². The van der Waals surface area contributed by atoms with E-state index >= 15 is 0 Å². The number of hydrogen-bond acceptors (Lipinski definition) is 2. The van der Waals surface area contributed by atoms with Crippen LogP contribution in [0.1, 0.15) is 12.8 Å². The predicted octanol–water partition coefficient (Wildman–Crippen LogP) is 2.16. The molecule has 3 nitrogen and oxygen atoms in total. The summed E-state index contributed by atoms with van der Waals surface area (Å²) in [5.41, 5.74) is 2.45. The van der Waals surface area contributed by atoms with Gasteiger partial charge in [0.15, 0.2) is 0 Å². The molecule has 1 aromatic carbocycles. The van der Waals surface area contributed by atoms with E-state index in [1.165, 1.54) is 37.0 Å². The van der Waals surface area contributed by atoms with E-state index in [0.29, 0.717) is 0 Å². The normalized spacial score (nSPS) is 16.7. The van der Waals surface area contributed by atoms with Gasteiger partial charge in [0, 0.05) is 24.2 Å². The molecule has 1 aromatic heterocycles. The molecule has 0 unspecified atom stereocenters. The molecule has 1 aliphatic heterocycles. The molecule has 0 saturated carbocycles. The third-order valence-corrected chi connectivity index (χ3v) is 2.90. The number of nitrogens with zero attached hydrogens (tertiary/aromatic N) is 2. The van der Waals surface area contributed by atoms with Crippen molar-refractivity contribution in [2.45, 2.75) is 12.8 Å². The van der Waals surface area contributed by atoms with E-state index in [0.717, 1.165) is 5.52 Å². The number of fused-ring (bicyclic) bond motifs is 1. The first-order chi connectivity index (χ1) is 6.93. The minimum absolute atomic E-state index is 1.13. The fourth-order valence-corrected chi connectivity index (χ4v) is 2.10. The van der Waals surface area contributed by atoms with Crippen molar-refractivity contribution in [2.75, 3.05) is 18.0 Å². The molecule has 1 N–H and O–H groups in total. The quantitative estimate of drug-likeness (QED) is 0.742. The molecule has 0 spiro atoms. The van der Waals surface area contributed by atoms with Gasteiger partial charge in [0.1, 0.15) is 0 Å². The Morgan fingerprint density at radius 2 is 2.07 bits per heavy atom. The van der Waals surface area contributed by atoms with Gasteiger partial charge in [-0.1, -0.05) is 0 Å². The molecule has 14 heavy (non-hydrogen) atoms. The third kappa shape index (κ3) is 1.16. The van der Waals surface area contributed by atoms with Crippen LogP contribution < -0.4 is 4.90 Å². The van der Waals surface area contributed by atoms with Crippen molar-refractivity contribution in [3.63, 3.8) is 0 Å². The minimum atomic E-state index is 1.13. The van der Waals surface area contributed by atoms with Crippen molar-refractivity contribution >= 4 is 16.6 Å². The van der Waals surface area contributed by atoms with Crippen LogP contribution in [0.2, 0.25) is 0 Å². The maximum atomic E-state index is 4.03. The molecule has 0 atom stereocenters. The Hall–Kier alpha value is -1.51. The lowest BCUT2D eigenvalue weighted by Gasteiger charge is -2.17. The number of anilines is 1. The fourth-order valence-electron chi connectivity index (χ4n) is 2.10. The Kier molecular flexibility index (Phi) is 1.69. The second-order valence-electron chi connectivity index (χ2n) is 3.84. The average Bonchev–Trinajstić information content (AvgIpc) is 2.88. The van der Waals surface area contributed by atoms with Crippen LogP contribution in [0.4, 0.5) is 5.69 Å². The summed E-state index contributed by atoms with van der Waals surface area (Å²) in [6, 6.07) is 6.50. The molecule has 3 heteroatoms. The van der Waals surface area contributed by atoms with Crippen LogP contribution in [0, 0.1) is 0 Å². The number of hydrogen-bond donors (Lipinski definition) is 1. The molecule has 1 aliphatic rings. The number of benzene rings is 1. The molecule has 2 aromatic rings. The van der Waals surface area contributed by atoms with Crippen LogP contribution in [0.25, 0.3) is 10.9 Å². The lowest BCUT2D eigenvalue weighted by Crippen LogP contribution is -2.17. The van der Waals surface area contributed by atoms with Gasteiger partial charge in [0.2, 0.25) is 0 Å². The molecule has 2 heterocycles. The lowest BCUT2D eigenvalue weighted by molar-refractivity contribution is 0.949. The van der Waals surface area contributed by atoms with Crippen molar-refractivity contribution in [2.24, 2.45) is 0 Å². The predicted molar refractivity (Wildman–Crippen MR) is 57.5 cm³/mol. The van der Waals surface area contributed by atoms with Crippen LogP contribution in [0.3, 0.4) is 0 Å². The maximum Gasteiger partial charge on any atom is 0.0670 e. The Balaban J connectivity index is 2.04. The molecule has 1 saturated heterocycles.